The zero-order valence-corrected chi connectivity index (χ0v) is 14.1. The van der Waals surface area contributed by atoms with Gasteiger partial charge in [-0.05, 0) is 19.8 Å². The lowest BCUT2D eigenvalue weighted by Crippen LogP contribution is -2.43. The molecule has 0 bridgehead atoms. The third-order valence-electron chi connectivity index (χ3n) is 4.26. The molecular weight excluding hydrogens is 318 g/mol. The van der Waals surface area contributed by atoms with Crippen molar-refractivity contribution in [3.05, 3.63) is 33.2 Å². The highest BCUT2D eigenvalue weighted by Crippen LogP contribution is 2.25. The van der Waals surface area contributed by atoms with Crippen molar-refractivity contribution in [1.82, 2.24) is 14.7 Å². The Kier molecular flexibility index (Phi) is 4.84. The van der Waals surface area contributed by atoms with Crippen LogP contribution < -0.4 is 10.9 Å². The number of carboxylic acid groups (broad SMARTS) is 1. The van der Waals surface area contributed by atoms with E-state index in [1.807, 2.05) is 0 Å². The van der Waals surface area contributed by atoms with Gasteiger partial charge in [-0.15, -0.1) is 11.3 Å². The van der Waals surface area contributed by atoms with Gasteiger partial charge in [-0.2, -0.15) is 0 Å². The molecular formula is C15H19N3O4S. The molecule has 124 valence electrons. The van der Waals surface area contributed by atoms with E-state index in [2.05, 4.69) is 10.3 Å². The molecule has 0 aliphatic heterocycles. The molecule has 0 saturated heterocycles. The van der Waals surface area contributed by atoms with Crippen LogP contribution in [0.4, 0.5) is 0 Å². The van der Waals surface area contributed by atoms with Crippen molar-refractivity contribution < 1.29 is 14.7 Å². The quantitative estimate of drug-likeness (QED) is 0.835. The first-order valence-electron chi connectivity index (χ1n) is 7.33. The average molecular weight is 337 g/mol. The molecule has 23 heavy (non-hydrogen) atoms. The Hall–Kier alpha value is -2.22. The van der Waals surface area contributed by atoms with Gasteiger partial charge >= 0.3 is 5.97 Å². The molecule has 0 saturated carbocycles. The number of fused-ring (bicyclic) bond motifs is 1. The van der Waals surface area contributed by atoms with Gasteiger partial charge in [0.15, 0.2) is 4.96 Å². The normalized spacial score (nSPS) is 11.6. The molecule has 2 rings (SSSR count). The molecule has 2 heterocycles. The SMILES string of the molecule is CCC(CC)(CNC(=O)c1cnc2scc(C)n2c1=O)C(=O)O. The fourth-order valence-corrected chi connectivity index (χ4v) is 3.23. The lowest BCUT2D eigenvalue weighted by Gasteiger charge is -2.26. The summed E-state index contributed by atoms with van der Waals surface area (Å²) in [5.41, 5.74) is -0.850. The van der Waals surface area contributed by atoms with Crippen molar-refractivity contribution in [2.24, 2.45) is 5.41 Å². The topological polar surface area (TPSA) is 101 Å². The highest BCUT2D eigenvalue weighted by molar-refractivity contribution is 7.15. The molecule has 7 nitrogen and oxygen atoms in total. The van der Waals surface area contributed by atoms with Gasteiger partial charge in [0, 0.05) is 23.8 Å². The van der Waals surface area contributed by atoms with Gasteiger partial charge in [-0.3, -0.25) is 18.8 Å². The number of thiazole rings is 1. The van der Waals surface area contributed by atoms with E-state index in [-0.39, 0.29) is 12.1 Å². The van der Waals surface area contributed by atoms with Crippen molar-refractivity contribution in [2.45, 2.75) is 33.6 Å². The standard InChI is InChI=1S/C15H19N3O4S/c1-4-15(5-2,13(21)22)8-17-11(19)10-6-16-14-18(12(10)20)9(3)7-23-14/h6-7H,4-5,8H2,1-3H3,(H,17,19)(H,21,22). The Balaban J connectivity index is 2.28. The minimum Gasteiger partial charge on any atom is -0.481 e. The third-order valence-corrected chi connectivity index (χ3v) is 5.21. The van der Waals surface area contributed by atoms with Gasteiger partial charge in [0.2, 0.25) is 0 Å². The van der Waals surface area contributed by atoms with E-state index < -0.39 is 22.9 Å². The number of carbonyl (C=O) groups is 2. The van der Waals surface area contributed by atoms with E-state index >= 15 is 0 Å². The van der Waals surface area contributed by atoms with Crippen molar-refractivity contribution in [2.75, 3.05) is 6.54 Å². The summed E-state index contributed by atoms with van der Waals surface area (Å²) in [5, 5.41) is 13.7. The second-order valence-electron chi connectivity index (χ2n) is 5.45. The number of aliphatic carboxylic acids is 1. The fourth-order valence-electron chi connectivity index (χ4n) is 2.40. The zero-order valence-electron chi connectivity index (χ0n) is 13.3. The van der Waals surface area contributed by atoms with Crippen LogP contribution in [0.3, 0.4) is 0 Å². The number of hydrogen-bond acceptors (Lipinski definition) is 5. The Morgan fingerprint density at radius 2 is 2.04 bits per heavy atom. The molecule has 2 aromatic heterocycles. The average Bonchev–Trinajstić information content (AvgIpc) is 2.90. The zero-order chi connectivity index (χ0) is 17.2. The van der Waals surface area contributed by atoms with E-state index in [1.54, 1.807) is 26.2 Å². The van der Waals surface area contributed by atoms with Crippen molar-refractivity contribution in [3.8, 4) is 0 Å². The Morgan fingerprint density at radius 1 is 1.39 bits per heavy atom. The van der Waals surface area contributed by atoms with E-state index in [9.17, 15) is 19.5 Å². The van der Waals surface area contributed by atoms with Crippen molar-refractivity contribution in [1.29, 1.82) is 0 Å². The highest BCUT2D eigenvalue weighted by Gasteiger charge is 2.35. The summed E-state index contributed by atoms with van der Waals surface area (Å²) >= 11 is 1.32. The lowest BCUT2D eigenvalue weighted by molar-refractivity contribution is -0.149. The van der Waals surface area contributed by atoms with Gasteiger partial charge < -0.3 is 10.4 Å². The Morgan fingerprint density at radius 3 is 2.61 bits per heavy atom. The number of aromatic nitrogens is 2. The van der Waals surface area contributed by atoms with Gasteiger partial charge in [0.25, 0.3) is 11.5 Å². The van der Waals surface area contributed by atoms with Crippen LogP contribution in [-0.2, 0) is 4.79 Å². The first-order valence-corrected chi connectivity index (χ1v) is 8.21. The molecule has 0 spiro atoms. The maximum Gasteiger partial charge on any atom is 0.311 e. The van der Waals surface area contributed by atoms with Crippen LogP contribution in [0.5, 0.6) is 0 Å². The van der Waals surface area contributed by atoms with E-state index in [0.29, 0.717) is 23.5 Å². The molecule has 0 aliphatic carbocycles. The van der Waals surface area contributed by atoms with Crippen LogP contribution in [0, 0.1) is 12.3 Å². The number of carboxylic acids is 1. The van der Waals surface area contributed by atoms with Crippen LogP contribution in [0.25, 0.3) is 4.96 Å². The second-order valence-corrected chi connectivity index (χ2v) is 6.28. The third kappa shape index (κ3) is 2.98. The van der Waals surface area contributed by atoms with E-state index in [1.165, 1.54) is 21.9 Å². The number of carbonyl (C=O) groups excluding carboxylic acids is 1. The van der Waals surface area contributed by atoms with E-state index in [0.717, 1.165) is 0 Å². The summed E-state index contributed by atoms with van der Waals surface area (Å²) in [7, 11) is 0. The summed E-state index contributed by atoms with van der Waals surface area (Å²) in [6.07, 6.45) is 2.02. The van der Waals surface area contributed by atoms with Gasteiger partial charge in [-0.1, -0.05) is 13.8 Å². The molecule has 1 amide bonds. The van der Waals surface area contributed by atoms with Crippen LogP contribution in [0.2, 0.25) is 0 Å². The van der Waals surface area contributed by atoms with E-state index in [4.69, 9.17) is 0 Å². The first-order chi connectivity index (χ1) is 10.9. The first kappa shape index (κ1) is 17.1. The molecule has 0 unspecified atom stereocenters. The molecule has 0 fully saturated rings. The number of hydrogen-bond donors (Lipinski definition) is 2. The van der Waals surface area contributed by atoms with Crippen LogP contribution in [0.1, 0.15) is 42.7 Å². The minimum atomic E-state index is -1.03. The number of nitrogens with one attached hydrogen (secondary N) is 1. The monoisotopic (exact) mass is 337 g/mol. The van der Waals surface area contributed by atoms with Crippen LogP contribution >= 0.6 is 11.3 Å². The summed E-state index contributed by atoms with van der Waals surface area (Å²) in [6.45, 7) is 5.26. The van der Waals surface area contributed by atoms with Gasteiger partial charge in [-0.25, -0.2) is 4.98 Å². The summed E-state index contributed by atoms with van der Waals surface area (Å²) in [4.78, 5) is 40.8. The number of amides is 1. The molecule has 0 aliphatic rings. The second kappa shape index (κ2) is 6.49. The summed E-state index contributed by atoms with van der Waals surface area (Å²) in [5.74, 6) is -1.56. The maximum atomic E-state index is 12.4. The molecule has 8 heteroatoms. The maximum absolute atomic E-state index is 12.4. The van der Waals surface area contributed by atoms with Crippen LogP contribution in [-0.4, -0.2) is 32.9 Å². The van der Waals surface area contributed by atoms with Crippen molar-refractivity contribution in [3.63, 3.8) is 0 Å². The smallest absolute Gasteiger partial charge is 0.311 e. The molecule has 0 radical (unpaired) electrons. The number of aryl methyl sites for hydroxylation is 1. The Bertz CT molecular complexity index is 805. The summed E-state index contributed by atoms with van der Waals surface area (Å²) in [6, 6.07) is 0. The fraction of sp³-hybridized carbons (Fsp3) is 0.467. The summed E-state index contributed by atoms with van der Waals surface area (Å²) < 4.78 is 1.38. The van der Waals surface area contributed by atoms with Crippen molar-refractivity contribution >= 4 is 28.2 Å². The number of rotatable bonds is 6. The number of nitrogens with zero attached hydrogens (tertiary/aromatic N) is 2. The lowest BCUT2D eigenvalue weighted by atomic mass is 9.82. The predicted molar refractivity (Wildman–Crippen MR) is 87.1 cm³/mol. The predicted octanol–water partition coefficient (Wildman–Crippen LogP) is 1.69. The minimum absolute atomic E-state index is 0.0288. The molecule has 2 aromatic rings. The molecule has 0 atom stereocenters. The highest BCUT2D eigenvalue weighted by atomic mass is 32.1. The molecule has 0 aromatic carbocycles. The van der Waals surface area contributed by atoms with Gasteiger partial charge in [0.1, 0.15) is 5.56 Å². The van der Waals surface area contributed by atoms with Gasteiger partial charge in [0.05, 0.1) is 5.41 Å². The largest absolute Gasteiger partial charge is 0.481 e. The Labute approximate surface area is 137 Å². The molecule has 2 N–H and O–H groups in total. The van der Waals surface area contributed by atoms with Crippen LogP contribution in [0.15, 0.2) is 16.4 Å².